The first kappa shape index (κ1) is 21.7. The van der Waals surface area contributed by atoms with Crippen LogP contribution in [0.15, 0.2) is 48.5 Å². The number of amides is 1. The molecule has 0 fully saturated rings. The van der Waals surface area contributed by atoms with Crippen LogP contribution in [0, 0.1) is 0 Å². The van der Waals surface area contributed by atoms with Gasteiger partial charge in [0.1, 0.15) is 0 Å². The van der Waals surface area contributed by atoms with E-state index in [1.165, 1.54) is 0 Å². The highest BCUT2D eigenvalue weighted by Crippen LogP contribution is 2.29. The van der Waals surface area contributed by atoms with E-state index in [1.807, 2.05) is 62.4 Å². The molecular formula is C22H29NO5. The maximum absolute atomic E-state index is 12.0. The number of benzene rings is 2. The molecule has 0 bridgehead atoms. The first-order valence-electron chi connectivity index (χ1n) is 9.40. The molecule has 152 valence electrons. The Labute approximate surface area is 166 Å². The quantitative estimate of drug-likeness (QED) is 0.620. The van der Waals surface area contributed by atoms with E-state index in [0.29, 0.717) is 31.1 Å². The zero-order chi connectivity index (χ0) is 20.4. The van der Waals surface area contributed by atoms with E-state index in [4.69, 9.17) is 14.2 Å². The van der Waals surface area contributed by atoms with E-state index in [-0.39, 0.29) is 12.7 Å². The normalized spacial score (nSPS) is 11.9. The number of aliphatic hydroxyl groups excluding tert-OH is 1. The van der Waals surface area contributed by atoms with Gasteiger partial charge in [0.2, 0.25) is 0 Å². The second kappa shape index (κ2) is 11.3. The molecule has 2 aromatic carbocycles. The minimum atomic E-state index is -1.19. The van der Waals surface area contributed by atoms with E-state index in [2.05, 4.69) is 5.32 Å². The summed E-state index contributed by atoms with van der Waals surface area (Å²) in [6.45, 7) is 4.63. The first-order valence-corrected chi connectivity index (χ1v) is 9.40. The predicted molar refractivity (Wildman–Crippen MR) is 108 cm³/mol. The van der Waals surface area contributed by atoms with E-state index in [0.717, 1.165) is 11.1 Å². The molecule has 1 amide bonds. The van der Waals surface area contributed by atoms with Crippen molar-refractivity contribution < 1.29 is 24.1 Å². The fraction of sp³-hybridized carbons (Fsp3) is 0.409. The molecule has 6 heteroatoms. The van der Waals surface area contributed by atoms with Gasteiger partial charge in [-0.3, -0.25) is 4.79 Å². The molecule has 0 heterocycles. The molecule has 2 rings (SSSR count). The smallest absolute Gasteiger partial charge is 0.251 e. The lowest BCUT2D eigenvalue weighted by molar-refractivity contribution is -0.132. The number of aliphatic hydroxyl groups is 1. The van der Waals surface area contributed by atoms with Crippen molar-refractivity contribution in [3.8, 4) is 11.5 Å². The van der Waals surface area contributed by atoms with Crippen LogP contribution >= 0.6 is 0 Å². The van der Waals surface area contributed by atoms with Crippen LogP contribution in [0.1, 0.15) is 25.0 Å². The molecule has 6 nitrogen and oxygen atoms in total. The zero-order valence-electron chi connectivity index (χ0n) is 16.7. The van der Waals surface area contributed by atoms with Crippen LogP contribution in [-0.2, 0) is 22.6 Å². The van der Waals surface area contributed by atoms with E-state index >= 15 is 0 Å². The van der Waals surface area contributed by atoms with Crippen molar-refractivity contribution in [2.24, 2.45) is 0 Å². The zero-order valence-corrected chi connectivity index (χ0v) is 16.7. The molecule has 2 aromatic rings. The van der Waals surface area contributed by atoms with Gasteiger partial charge in [-0.1, -0.05) is 36.4 Å². The minimum Gasteiger partial charge on any atom is -0.493 e. The third kappa shape index (κ3) is 7.21. The summed E-state index contributed by atoms with van der Waals surface area (Å²) < 4.78 is 16.5. The minimum absolute atomic E-state index is 0.0458. The summed E-state index contributed by atoms with van der Waals surface area (Å²) in [4.78, 5) is 12.0. The summed E-state index contributed by atoms with van der Waals surface area (Å²) in [6.07, 6.45) is -0.522. The van der Waals surface area contributed by atoms with Crippen LogP contribution in [0.2, 0.25) is 0 Å². The SMILES string of the molecule is COc1cc(CCNC(=O)[C@@H](O)COCc2ccccc2)ccc1OC(C)C. The van der Waals surface area contributed by atoms with Crippen LogP contribution in [0.4, 0.5) is 0 Å². The Hall–Kier alpha value is -2.57. The second-order valence-corrected chi connectivity index (χ2v) is 6.71. The van der Waals surface area contributed by atoms with Crippen LogP contribution in [0.3, 0.4) is 0 Å². The third-order valence-corrected chi connectivity index (χ3v) is 3.99. The highest BCUT2D eigenvalue weighted by atomic mass is 16.5. The summed E-state index contributed by atoms with van der Waals surface area (Å²) >= 11 is 0. The van der Waals surface area contributed by atoms with Crippen molar-refractivity contribution in [2.45, 2.75) is 39.1 Å². The van der Waals surface area contributed by atoms with Gasteiger partial charge in [0.15, 0.2) is 17.6 Å². The van der Waals surface area contributed by atoms with Gasteiger partial charge in [0.05, 0.1) is 26.4 Å². The number of hydrogen-bond acceptors (Lipinski definition) is 5. The fourth-order valence-corrected chi connectivity index (χ4v) is 2.60. The third-order valence-electron chi connectivity index (χ3n) is 3.99. The van der Waals surface area contributed by atoms with Crippen LogP contribution in [0.5, 0.6) is 11.5 Å². The summed E-state index contributed by atoms with van der Waals surface area (Å²) in [5.74, 6) is 0.905. The lowest BCUT2D eigenvalue weighted by Crippen LogP contribution is -2.38. The van der Waals surface area contributed by atoms with Crippen molar-refractivity contribution in [3.63, 3.8) is 0 Å². The summed E-state index contributed by atoms with van der Waals surface area (Å²) in [6, 6.07) is 15.3. The number of hydrogen-bond donors (Lipinski definition) is 2. The average Bonchev–Trinajstić information content (AvgIpc) is 2.69. The van der Waals surface area contributed by atoms with Crippen molar-refractivity contribution in [1.82, 2.24) is 5.32 Å². The van der Waals surface area contributed by atoms with Gasteiger partial charge in [-0.05, 0) is 43.5 Å². The highest BCUT2D eigenvalue weighted by Gasteiger charge is 2.15. The fourth-order valence-electron chi connectivity index (χ4n) is 2.60. The standard InChI is InChI=1S/C22H29NO5/c1-16(2)28-20-10-9-17(13-21(20)26-3)11-12-23-22(25)19(24)15-27-14-18-7-5-4-6-8-18/h4-10,13,16,19,24H,11-12,14-15H2,1-3H3,(H,23,25)/t19-/m0/s1. The predicted octanol–water partition coefficient (Wildman–Crippen LogP) is 2.72. The molecule has 28 heavy (non-hydrogen) atoms. The number of nitrogens with one attached hydrogen (secondary N) is 1. The number of carbonyl (C=O) groups excluding carboxylic acids is 1. The van der Waals surface area contributed by atoms with E-state index in [9.17, 15) is 9.90 Å². The molecular weight excluding hydrogens is 358 g/mol. The van der Waals surface area contributed by atoms with Crippen molar-refractivity contribution in [2.75, 3.05) is 20.3 Å². The van der Waals surface area contributed by atoms with Gasteiger partial charge in [-0.2, -0.15) is 0 Å². The molecule has 0 aliphatic carbocycles. The molecule has 0 aliphatic rings. The Balaban J connectivity index is 1.73. The lowest BCUT2D eigenvalue weighted by atomic mass is 10.1. The molecule has 0 saturated heterocycles. The summed E-state index contributed by atoms with van der Waals surface area (Å²) in [7, 11) is 1.60. The van der Waals surface area contributed by atoms with Gasteiger partial charge >= 0.3 is 0 Å². The second-order valence-electron chi connectivity index (χ2n) is 6.71. The monoisotopic (exact) mass is 387 g/mol. The average molecular weight is 387 g/mol. The van der Waals surface area contributed by atoms with Crippen molar-refractivity contribution in [1.29, 1.82) is 0 Å². The molecule has 0 aromatic heterocycles. The van der Waals surface area contributed by atoms with E-state index in [1.54, 1.807) is 7.11 Å². The van der Waals surface area contributed by atoms with Crippen LogP contribution in [0.25, 0.3) is 0 Å². The molecule has 0 spiro atoms. The largest absolute Gasteiger partial charge is 0.493 e. The summed E-state index contributed by atoms with van der Waals surface area (Å²) in [5.41, 5.74) is 2.00. The summed E-state index contributed by atoms with van der Waals surface area (Å²) in [5, 5.41) is 12.6. The maximum Gasteiger partial charge on any atom is 0.251 e. The van der Waals surface area contributed by atoms with Crippen LogP contribution < -0.4 is 14.8 Å². The molecule has 2 N–H and O–H groups in total. The number of carbonyl (C=O) groups is 1. The lowest BCUT2D eigenvalue weighted by Gasteiger charge is -2.15. The van der Waals surface area contributed by atoms with Gasteiger partial charge in [-0.25, -0.2) is 0 Å². The molecule has 1 atom stereocenters. The Morgan fingerprint density at radius 2 is 1.82 bits per heavy atom. The Morgan fingerprint density at radius 1 is 1.07 bits per heavy atom. The Bertz CT molecular complexity index is 733. The first-order chi connectivity index (χ1) is 13.5. The van der Waals surface area contributed by atoms with Gasteiger partial charge < -0.3 is 24.6 Å². The number of ether oxygens (including phenoxy) is 3. The Kier molecular flexibility index (Phi) is 8.78. The molecule has 0 unspecified atom stereocenters. The number of methoxy groups -OCH3 is 1. The van der Waals surface area contributed by atoms with Crippen molar-refractivity contribution >= 4 is 5.91 Å². The molecule has 0 radical (unpaired) electrons. The molecule has 0 saturated carbocycles. The van der Waals surface area contributed by atoms with Gasteiger partial charge in [0, 0.05) is 6.54 Å². The van der Waals surface area contributed by atoms with Gasteiger partial charge in [0.25, 0.3) is 5.91 Å². The maximum atomic E-state index is 12.0. The van der Waals surface area contributed by atoms with E-state index < -0.39 is 12.0 Å². The van der Waals surface area contributed by atoms with Crippen molar-refractivity contribution in [3.05, 3.63) is 59.7 Å². The van der Waals surface area contributed by atoms with Crippen LogP contribution in [-0.4, -0.2) is 43.5 Å². The number of rotatable bonds is 11. The highest BCUT2D eigenvalue weighted by molar-refractivity contribution is 5.80. The van der Waals surface area contributed by atoms with Gasteiger partial charge in [-0.15, -0.1) is 0 Å². The Morgan fingerprint density at radius 3 is 2.50 bits per heavy atom. The molecule has 0 aliphatic heterocycles. The topological polar surface area (TPSA) is 77.0 Å².